The van der Waals surface area contributed by atoms with E-state index in [1.165, 1.54) is 34.4 Å². The van der Waals surface area contributed by atoms with Gasteiger partial charge in [-0.05, 0) is 30.3 Å². The fourth-order valence-corrected chi connectivity index (χ4v) is 3.77. The van der Waals surface area contributed by atoms with E-state index in [-0.39, 0.29) is 17.1 Å². The highest BCUT2D eigenvalue weighted by Gasteiger charge is 2.14. The van der Waals surface area contributed by atoms with Crippen molar-refractivity contribution in [2.75, 3.05) is 5.32 Å². The van der Waals surface area contributed by atoms with Crippen LogP contribution in [0, 0.1) is 5.82 Å². The van der Waals surface area contributed by atoms with Crippen molar-refractivity contribution in [1.29, 1.82) is 0 Å². The second-order valence-corrected chi connectivity index (χ2v) is 6.90. The normalized spacial score (nSPS) is 11.2. The lowest BCUT2D eigenvalue weighted by atomic mass is 10.3. The van der Waals surface area contributed by atoms with Crippen LogP contribution in [-0.2, 0) is 11.3 Å². The zero-order valence-electron chi connectivity index (χ0n) is 13.1. The maximum absolute atomic E-state index is 13.2. The van der Waals surface area contributed by atoms with E-state index in [1.807, 2.05) is 6.07 Å². The molecule has 4 aromatic rings. The quantitative estimate of drug-likeness (QED) is 0.583. The second-order valence-electron chi connectivity index (χ2n) is 5.49. The molecule has 0 radical (unpaired) electrons. The number of thiophene rings is 1. The predicted molar refractivity (Wildman–Crippen MR) is 99.2 cm³/mol. The van der Waals surface area contributed by atoms with Crippen LogP contribution < -0.4 is 10.9 Å². The lowest BCUT2D eigenvalue weighted by Gasteiger charge is -2.07. The van der Waals surface area contributed by atoms with Crippen molar-refractivity contribution in [3.8, 4) is 0 Å². The van der Waals surface area contributed by atoms with E-state index in [0.29, 0.717) is 15.9 Å². The van der Waals surface area contributed by atoms with E-state index < -0.39 is 11.7 Å². The molecule has 130 valence electrons. The van der Waals surface area contributed by atoms with Gasteiger partial charge in [0.25, 0.3) is 5.56 Å². The van der Waals surface area contributed by atoms with E-state index >= 15 is 0 Å². The average molecular weight is 389 g/mol. The molecule has 1 amide bonds. The molecule has 0 saturated carbocycles. The molecule has 0 bridgehead atoms. The SMILES string of the molecule is O=C(Cn1cnc2c(sc3ncccc32)c1=O)Nc1ccc(F)c(Cl)c1. The van der Waals surface area contributed by atoms with Crippen LogP contribution in [0.5, 0.6) is 0 Å². The van der Waals surface area contributed by atoms with Gasteiger partial charge in [-0.3, -0.25) is 14.2 Å². The van der Waals surface area contributed by atoms with E-state index in [0.717, 1.165) is 16.3 Å². The number of anilines is 1. The van der Waals surface area contributed by atoms with Gasteiger partial charge in [-0.1, -0.05) is 11.6 Å². The second kappa shape index (κ2) is 6.47. The third kappa shape index (κ3) is 2.93. The van der Waals surface area contributed by atoms with Gasteiger partial charge in [-0.2, -0.15) is 0 Å². The number of halogens is 2. The smallest absolute Gasteiger partial charge is 0.271 e. The number of hydrogen-bond acceptors (Lipinski definition) is 5. The molecule has 0 aliphatic carbocycles. The number of benzene rings is 1. The molecule has 0 atom stereocenters. The van der Waals surface area contributed by atoms with Crippen LogP contribution in [0.25, 0.3) is 20.4 Å². The number of nitrogens with one attached hydrogen (secondary N) is 1. The van der Waals surface area contributed by atoms with Gasteiger partial charge in [0.15, 0.2) is 0 Å². The van der Waals surface area contributed by atoms with E-state index in [4.69, 9.17) is 11.6 Å². The Kier molecular flexibility index (Phi) is 4.14. The number of aromatic nitrogens is 3. The molecule has 0 unspecified atom stereocenters. The van der Waals surface area contributed by atoms with Crippen LogP contribution in [0.1, 0.15) is 0 Å². The summed E-state index contributed by atoms with van der Waals surface area (Å²) in [6.45, 7) is -0.224. The number of rotatable bonds is 3. The number of carbonyl (C=O) groups is 1. The maximum Gasteiger partial charge on any atom is 0.271 e. The van der Waals surface area contributed by atoms with Gasteiger partial charge in [0.1, 0.15) is 21.9 Å². The van der Waals surface area contributed by atoms with E-state index in [9.17, 15) is 14.0 Å². The monoisotopic (exact) mass is 388 g/mol. The number of nitrogens with zero attached hydrogens (tertiary/aromatic N) is 3. The number of pyridine rings is 1. The Labute approximate surface area is 154 Å². The number of hydrogen-bond donors (Lipinski definition) is 1. The highest BCUT2D eigenvalue weighted by Crippen LogP contribution is 2.28. The first-order chi connectivity index (χ1) is 12.5. The Hall–Kier alpha value is -2.84. The summed E-state index contributed by atoms with van der Waals surface area (Å²) in [7, 11) is 0. The van der Waals surface area contributed by atoms with Crippen molar-refractivity contribution in [2.24, 2.45) is 0 Å². The average Bonchev–Trinajstić information content (AvgIpc) is 3.00. The fourth-order valence-electron chi connectivity index (χ4n) is 2.54. The standard InChI is InChI=1S/C17H10ClFN4O2S/c18-11-6-9(3-4-12(11)19)22-13(24)7-23-8-21-14-10-2-1-5-20-16(10)26-15(14)17(23)25/h1-6,8H,7H2,(H,22,24). The highest BCUT2D eigenvalue weighted by atomic mass is 35.5. The molecule has 0 aliphatic heterocycles. The first-order valence-corrected chi connectivity index (χ1v) is 8.70. The summed E-state index contributed by atoms with van der Waals surface area (Å²) < 4.78 is 14.8. The van der Waals surface area contributed by atoms with E-state index in [1.54, 1.807) is 12.3 Å². The summed E-state index contributed by atoms with van der Waals surface area (Å²) in [5, 5.41) is 3.28. The van der Waals surface area contributed by atoms with Crippen molar-refractivity contribution < 1.29 is 9.18 Å². The highest BCUT2D eigenvalue weighted by molar-refractivity contribution is 7.25. The molecule has 3 aromatic heterocycles. The zero-order chi connectivity index (χ0) is 18.3. The summed E-state index contributed by atoms with van der Waals surface area (Å²) in [5.41, 5.74) is 0.602. The van der Waals surface area contributed by atoms with Crippen LogP contribution >= 0.6 is 22.9 Å². The Morgan fingerprint density at radius 1 is 1.31 bits per heavy atom. The molecule has 0 saturated heterocycles. The van der Waals surface area contributed by atoms with Gasteiger partial charge < -0.3 is 5.32 Å². The number of carbonyl (C=O) groups excluding carboxylic acids is 1. The minimum absolute atomic E-state index is 0.0965. The van der Waals surface area contributed by atoms with Crippen LogP contribution in [0.15, 0.2) is 47.7 Å². The van der Waals surface area contributed by atoms with Gasteiger partial charge in [0, 0.05) is 17.3 Å². The first kappa shape index (κ1) is 16.6. The zero-order valence-corrected chi connectivity index (χ0v) is 14.6. The van der Waals surface area contributed by atoms with Crippen molar-refractivity contribution in [3.05, 3.63) is 64.0 Å². The van der Waals surface area contributed by atoms with Gasteiger partial charge in [0.2, 0.25) is 5.91 Å². The van der Waals surface area contributed by atoms with Gasteiger partial charge in [0.05, 0.1) is 16.9 Å². The molecular formula is C17H10ClFN4O2S. The molecule has 0 aliphatic rings. The molecule has 0 spiro atoms. The molecule has 0 fully saturated rings. The Morgan fingerprint density at radius 2 is 2.15 bits per heavy atom. The maximum atomic E-state index is 13.2. The largest absolute Gasteiger partial charge is 0.324 e. The summed E-state index contributed by atoms with van der Waals surface area (Å²) >= 11 is 6.93. The fraction of sp³-hybridized carbons (Fsp3) is 0.0588. The van der Waals surface area contributed by atoms with Gasteiger partial charge in [-0.15, -0.1) is 11.3 Å². The third-order valence-electron chi connectivity index (χ3n) is 3.74. The Balaban J connectivity index is 1.63. The van der Waals surface area contributed by atoms with Crippen molar-refractivity contribution >= 4 is 55.0 Å². The first-order valence-electron chi connectivity index (χ1n) is 7.50. The predicted octanol–water partition coefficient (Wildman–Crippen LogP) is 3.44. The summed E-state index contributed by atoms with van der Waals surface area (Å²) in [4.78, 5) is 34.1. The number of amides is 1. The molecular weight excluding hydrogens is 379 g/mol. The van der Waals surface area contributed by atoms with Crippen LogP contribution in [0.2, 0.25) is 5.02 Å². The Bertz CT molecular complexity index is 1220. The minimum Gasteiger partial charge on any atom is -0.324 e. The molecule has 9 heteroatoms. The van der Waals surface area contributed by atoms with E-state index in [2.05, 4.69) is 15.3 Å². The van der Waals surface area contributed by atoms with Crippen LogP contribution in [0.3, 0.4) is 0 Å². The van der Waals surface area contributed by atoms with Crippen LogP contribution in [-0.4, -0.2) is 20.4 Å². The van der Waals surface area contributed by atoms with Crippen molar-refractivity contribution in [2.45, 2.75) is 6.54 Å². The van der Waals surface area contributed by atoms with Crippen LogP contribution in [0.4, 0.5) is 10.1 Å². The van der Waals surface area contributed by atoms with Crippen molar-refractivity contribution in [3.63, 3.8) is 0 Å². The molecule has 1 N–H and O–H groups in total. The summed E-state index contributed by atoms with van der Waals surface area (Å²) in [6.07, 6.45) is 2.98. The summed E-state index contributed by atoms with van der Waals surface area (Å²) in [6, 6.07) is 7.48. The minimum atomic E-state index is -0.575. The molecule has 6 nitrogen and oxygen atoms in total. The topological polar surface area (TPSA) is 76.9 Å². The van der Waals surface area contributed by atoms with Gasteiger partial charge in [-0.25, -0.2) is 14.4 Å². The third-order valence-corrected chi connectivity index (χ3v) is 5.12. The molecule has 4 rings (SSSR count). The molecule has 1 aromatic carbocycles. The number of fused-ring (bicyclic) bond motifs is 3. The lowest BCUT2D eigenvalue weighted by Crippen LogP contribution is -2.27. The molecule has 26 heavy (non-hydrogen) atoms. The van der Waals surface area contributed by atoms with Crippen molar-refractivity contribution in [1.82, 2.24) is 14.5 Å². The lowest BCUT2D eigenvalue weighted by molar-refractivity contribution is -0.116. The molecule has 3 heterocycles. The Morgan fingerprint density at radius 3 is 2.96 bits per heavy atom. The summed E-state index contributed by atoms with van der Waals surface area (Å²) in [5.74, 6) is -1.02. The van der Waals surface area contributed by atoms with Gasteiger partial charge >= 0.3 is 0 Å².